The van der Waals surface area contributed by atoms with Gasteiger partial charge in [0.05, 0.1) is 28.9 Å². The molecule has 0 amide bonds. The Balaban J connectivity index is 1.61. The van der Waals surface area contributed by atoms with Crippen LogP contribution in [0.5, 0.6) is 5.75 Å². The van der Waals surface area contributed by atoms with Gasteiger partial charge in [-0.3, -0.25) is 4.72 Å². The number of benzene rings is 3. The molecule has 0 unspecified atom stereocenters. The highest BCUT2D eigenvalue weighted by Gasteiger charge is 2.24. The lowest BCUT2D eigenvalue weighted by atomic mass is 10.1. The van der Waals surface area contributed by atoms with E-state index >= 15 is 0 Å². The van der Waals surface area contributed by atoms with E-state index in [9.17, 15) is 18.3 Å². The van der Waals surface area contributed by atoms with Gasteiger partial charge in [-0.1, -0.05) is 23.8 Å². The van der Waals surface area contributed by atoms with E-state index in [4.69, 9.17) is 4.74 Å². The second-order valence-electron chi connectivity index (χ2n) is 8.59. The molecule has 4 rings (SSSR count). The zero-order chi connectivity index (χ0) is 25.2. The van der Waals surface area contributed by atoms with Gasteiger partial charge in [-0.15, -0.1) is 0 Å². The first kappa shape index (κ1) is 24.4. The summed E-state index contributed by atoms with van der Waals surface area (Å²) in [5.41, 5.74) is 3.56. The number of aryl methyl sites for hydroxylation is 2. The third-order valence-corrected chi connectivity index (χ3v) is 7.67. The third-order valence-electron chi connectivity index (χ3n) is 6.15. The second-order valence-corrected chi connectivity index (χ2v) is 10.2. The Hall–Kier alpha value is -3.72. The zero-order valence-corrected chi connectivity index (χ0v) is 20.8. The molecule has 0 atom stereocenters. The Kier molecular flexibility index (Phi) is 6.88. The quantitative estimate of drug-likeness (QED) is 0.508. The summed E-state index contributed by atoms with van der Waals surface area (Å²) in [5, 5.41) is 9.50. The van der Waals surface area contributed by atoms with Gasteiger partial charge in [-0.25, -0.2) is 13.2 Å². The van der Waals surface area contributed by atoms with Crippen molar-refractivity contribution in [2.75, 3.05) is 47.8 Å². The van der Waals surface area contributed by atoms with Crippen LogP contribution in [0.3, 0.4) is 0 Å². The van der Waals surface area contributed by atoms with E-state index in [0.29, 0.717) is 24.3 Å². The maximum atomic E-state index is 13.3. The number of carboxylic acid groups (broad SMARTS) is 1. The number of anilines is 3. The summed E-state index contributed by atoms with van der Waals surface area (Å²) in [6.45, 7) is 6.36. The number of carbonyl (C=O) groups is 1. The van der Waals surface area contributed by atoms with E-state index < -0.39 is 16.0 Å². The molecule has 9 heteroatoms. The van der Waals surface area contributed by atoms with Gasteiger partial charge in [0.15, 0.2) is 0 Å². The third kappa shape index (κ3) is 5.35. The van der Waals surface area contributed by atoms with Crippen molar-refractivity contribution in [1.82, 2.24) is 0 Å². The molecule has 35 heavy (non-hydrogen) atoms. The molecular formula is C26H29N3O5S. The molecular weight excluding hydrogens is 466 g/mol. The Morgan fingerprint density at radius 3 is 2.31 bits per heavy atom. The van der Waals surface area contributed by atoms with Crippen molar-refractivity contribution in [3.63, 3.8) is 0 Å². The lowest BCUT2D eigenvalue weighted by Crippen LogP contribution is -2.46. The minimum absolute atomic E-state index is 0.0158. The number of nitrogens with zero attached hydrogens (tertiary/aromatic N) is 2. The molecule has 1 fully saturated rings. The maximum Gasteiger partial charge on any atom is 0.335 e. The van der Waals surface area contributed by atoms with E-state index in [2.05, 4.69) is 14.5 Å². The fourth-order valence-corrected chi connectivity index (χ4v) is 5.63. The summed E-state index contributed by atoms with van der Waals surface area (Å²) in [6.07, 6.45) is 0. The predicted octanol–water partition coefficient (Wildman–Crippen LogP) is 4.14. The number of ether oxygens (including phenoxy) is 1. The van der Waals surface area contributed by atoms with Crippen molar-refractivity contribution in [3.05, 3.63) is 77.4 Å². The molecule has 1 aliphatic heterocycles. The molecule has 184 valence electrons. The Labute approximate surface area is 205 Å². The van der Waals surface area contributed by atoms with Crippen molar-refractivity contribution in [1.29, 1.82) is 0 Å². The first-order valence-corrected chi connectivity index (χ1v) is 12.8. The molecule has 0 aliphatic carbocycles. The van der Waals surface area contributed by atoms with Crippen LogP contribution in [0.15, 0.2) is 65.6 Å². The molecule has 3 aromatic carbocycles. The summed E-state index contributed by atoms with van der Waals surface area (Å²) < 4.78 is 34.5. The van der Waals surface area contributed by atoms with Gasteiger partial charge in [0.25, 0.3) is 10.0 Å². The Morgan fingerprint density at radius 1 is 0.943 bits per heavy atom. The molecule has 2 N–H and O–H groups in total. The molecule has 1 saturated heterocycles. The lowest BCUT2D eigenvalue weighted by Gasteiger charge is -2.38. The van der Waals surface area contributed by atoms with Crippen LogP contribution >= 0.6 is 0 Å². The van der Waals surface area contributed by atoms with Crippen LogP contribution < -0.4 is 19.3 Å². The number of rotatable bonds is 7. The molecule has 0 aromatic heterocycles. The van der Waals surface area contributed by atoms with Crippen LogP contribution in [0.4, 0.5) is 17.1 Å². The maximum absolute atomic E-state index is 13.3. The summed E-state index contributed by atoms with van der Waals surface area (Å²) in [7, 11) is -2.28. The van der Waals surface area contributed by atoms with E-state index in [1.165, 1.54) is 12.1 Å². The molecule has 1 aliphatic rings. The summed E-state index contributed by atoms with van der Waals surface area (Å²) in [4.78, 5) is 16.1. The van der Waals surface area contributed by atoms with Crippen molar-refractivity contribution in [2.24, 2.45) is 0 Å². The molecule has 3 aromatic rings. The van der Waals surface area contributed by atoms with Crippen LogP contribution in [-0.2, 0) is 10.0 Å². The Bertz CT molecular complexity index is 1350. The summed E-state index contributed by atoms with van der Waals surface area (Å²) in [6, 6.07) is 17.5. The van der Waals surface area contributed by atoms with Crippen LogP contribution in [-0.4, -0.2) is 52.8 Å². The van der Waals surface area contributed by atoms with Crippen molar-refractivity contribution < 1.29 is 23.1 Å². The molecule has 8 nitrogen and oxygen atoms in total. The predicted molar refractivity (Wildman–Crippen MR) is 138 cm³/mol. The van der Waals surface area contributed by atoms with E-state index in [0.717, 1.165) is 30.1 Å². The van der Waals surface area contributed by atoms with Crippen molar-refractivity contribution in [3.8, 4) is 5.75 Å². The fourth-order valence-electron chi connectivity index (χ4n) is 4.34. The van der Waals surface area contributed by atoms with Gasteiger partial charge in [0.1, 0.15) is 5.75 Å². The number of hydrogen-bond acceptors (Lipinski definition) is 6. The van der Waals surface area contributed by atoms with Gasteiger partial charge in [-0.05, 0) is 55.8 Å². The van der Waals surface area contributed by atoms with E-state index in [-0.39, 0.29) is 16.1 Å². The molecule has 0 spiro atoms. The average Bonchev–Trinajstić information content (AvgIpc) is 2.83. The van der Waals surface area contributed by atoms with Gasteiger partial charge in [-0.2, -0.15) is 0 Å². The SMILES string of the molecule is COc1cccc(N2CCN(c3ccc(C(=O)O)cc3NS(=O)(=O)c3ccc(C)cc3C)CC2)c1. The van der Waals surface area contributed by atoms with Crippen LogP contribution in [0.1, 0.15) is 21.5 Å². The molecule has 1 heterocycles. The average molecular weight is 496 g/mol. The van der Waals surface area contributed by atoms with Crippen molar-refractivity contribution in [2.45, 2.75) is 18.7 Å². The van der Waals surface area contributed by atoms with Gasteiger partial charge in [0, 0.05) is 37.9 Å². The fraction of sp³-hybridized carbons (Fsp3) is 0.269. The first-order chi connectivity index (χ1) is 16.7. The summed E-state index contributed by atoms with van der Waals surface area (Å²) >= 11 is 0. The Morgan fingerprint density at radius 2 is 1.66 bits per heavy atom. The number of nitrogens with one attached hydrogen (secondary N) is 1. The minimum Gasteiger partial charge on any atom is -0.497 e. The monoisotopic (exact) mass is 495 g/mol. The molecule has 0 bridgehead atoms. The van der Waals surface area contributed by atoms with Crippen LogP contribution in [0, 0.1) is 13.8 Å². The topological polar surface area (TPSA) is 99.2 Å². The van der Waals surface area contributed by atoms with Crippen molar-refractivity contribution >= 4 is 33.1 Å². The smallest absolute Gasteiger partial charge is 0.335 e. The number of sulfonamides is 1. The highest BCUT2D eigenvalue weighted by atomic mass is 32.2. The van der Waals surface area contributed by atoms with Crippen LogP contribution in [0.25, 0.3) is 0 Å². The van der Waals surface area contributed by atoms with Crippen LogP contribution in [0.2, 0.25) is 0 Å². The summed E-state index contributed by atoms with van der Waals surface area (Å²) in [5.74, 6) is -0.330. The minimum atomic E-state index is -3.92. The largest absolute Gasteiger partial charge is 0.497 e. The molecule has 0 radical (unpaired) electrons. The number of methoxy groups -OCH3 is 1. The highest BCUT2D eigenvalue weighted by molar-refractivity contribution is 7.92. The highest BCUT2D eigenvalue weighted by Crippen LogP contribution is 2.32. The van der Waals surface area contributed by atoms with E-state index in [1.54, 1.807) is 38.3 Å². The number of carboxylic acids is 1. The number of piperazine rings is 1. The number of aromatic carboxylic acids is 1. The molecule has 0 saturated carbocycles. The zero-order valence-electron chi connectivity index (χ0n) is 20.0. The first-order valence-electron chi connectivity index (χ1n) is 11.3. The standard InChI is InChI=1S/C26H29N3O5S/c1-18-7-10-25(19(2)15-18)35(32,33)27-23-16-20(26(30)31)8-9-24(23)29-13-11-28(12-14-29)21-5-4-6-22(17-21)34-3/h4-10,15-17,27H,11-14H2,1-3H3,(H,30,31). The lowest BCUT2D eigenvalue weighted by molar-refractivity contribution is 0.0697. The normalized spacial score (nSPS) is 14.0. The van der Waals surface area contributed by atoms with Gasteiger partial charge < -0.3 is 19.6 Å². The van der Waals surface area contributed by atoms with Gasteiger partial charge in [0.2, 0.25) is 0 Å². The van der Waals surface area contributed by atoms with Gasteiger partial charge >= 0.3 is 5.97 Å². The number of hydrogen-bond donors (Lipinski definition) is 2. The van der Waals surface area contributed by atoms with E-state index in [1.807, 2.05) is 31.2 Å². The second kappa shape index (κ2) is 9.87.